The van der Waals surface area contributed by atoms with E-state index < -0.39 is 0 Å². The van der Waals surface area contributed by atoms with E-state index in [1.165, 1.54) is 11.1 Å². The average molecular weight is 390 g/mol. The van der Waals surface area contributed by atoms with Crippen molar-refractivity contribution < 1.29 is 4.79 Å². The number of benzene rings is 1. The largest absolute Gasteiger partial charge is 0.316 e. The number of aryl methyl sites for hydroxylation is 2. The first-order chi connectivity index (χ1) is 14.2. The number of hydrogen-bond acceptors (Lipinski definition) is 4. The number of hydrogen-bond donors (Lipinski definition) is 3. The fraction of sp³-hybridized carbons (Fsp3) is 0.409. The Hall–Kier alpha value is -2.93. The molecule has 2 atom stereocenters. The van der Waals surface area contributed by atoms with Crippen LogP contribution in [0.25, 0.3) is 0 Å². The second-order valence-corrected chi connectivity index (χ2v) is 8.07. The molecule has 0 spiro atoms. The first-order valence-corrected chi connectivity index (χ1v) is 10.4. The predicted molar refractivity (Wildman–Crippen MR) is 111 cm³/mol. The van der Waals surface area contributed by atoms with E-state index >= 15 is 0 Å². The van der Waals surface area contributed by atoms with Crippen molar-refractivity contribution in [2.24, 2.45) is 0 Å². The fourth-order valence-corrected chi connectivity index (χ4v) is 4.69. The summed E-state index contributed by atoms with van der Waals surface area (Å²) in [5.74, 6) is 0.942. The van der Waals surface area contributed by atoms with E-state index in [2.05, 4.69) is 50.2 Å². The van der Waals surface area contributed by atoms with Gasteiger partial charge in [-0.25, -0.2) is 4.68 Å². The van der Waals surface area contributed by atoms with Gasteiger partial charge >= 0.3 is 0 Å². The molecule has 1 aromatic carbocycles. The van der Waals surface area contributed by atoms with Crippen molar-refractivity contribution in [1.29, 1.82) is 0 Å². The summed E-state index contributed by atoms with van der Waals surface area (Å²) in [4.78, 5) is 13.2. The standard InChI is InChI=1S/C22H26N6O/c1-14-11-25-28(19-8-4-6-15-5-2-3-7-17(15)19)21(14)26-22(29)18-13-24-27-20(18)16-9-10-23-12-16/h2-3,5,7,11,13,16,19,23H,4,6,8-10,12H2,1H3,(H,24,27)(H,26,29). The lowest BCUT2D eigenvalue weighted by Gasteiger charge is -2.27. The van der Waals surface area contributed by atoms with Crippen LogP contribution in [0.15, 0.2) is 36.7 Å². The van der Waals surface area contributed by atoms with E-state index in [4.69, 9.17) is 0 Å². The van der Waals surface area contributed by atoms with Gasteiger partial charge in [0, 0.05) is 18.0 Å². The molecule has 3 heterocycles. The van der Waals surface area contributed by atoms with Crippen LogP contribution >= 0.6 is 0 Å². The van der Waals surface area contributed by atoms with E-state index in [9.17, 15) is 4.79 Å². The van der Waals surface area contributed by atoms with Crippen LogP contribution in [0.5, 0.6) is 0 Å². The zero-order valence-corrected chi connectivity index (χ0v) is 16.6. The number of fused-ring (bicyclic) bond motifs is 1. The average Bonchev–Trinajstić information content (AvgIpc) is 3.49. The third-order valence-corrected chi connectivity index (χ3v) is 6.23. The maximum absolute atomic E-state index is 13.2. The Kier molecular flexibility index (Phi) is 4.67. The maximum atomic E-state index is 13.2. The molecule has 29 heavy (non-hydrogen) atoms. The molecule has 0 bridgehead atoms. The minimum Gasteiger partial charge on any atom is -0.316 e. The number of anilines is 1. The molecule has 1 fully saturated rings. The van der Waals surface area contributed by atoms with E-state index in [0.717, 1.165) is 55.8 Å². The monoisotopic (exact) mass is 390 g/mol. The highest BCUT2D eigenvalue weighted by atomic mass is 16.1. The molecular formula is C22H26N6O. The number of nitrogens with zero attached hydrogens (tertiary/aromatic N) is 3. The Labute approximate surface area is 169 Å². The normalized spacial score (nSPS) is 21.1. The van der Waals surface area contributed by atoms with Gasteiger partial charge in [0.05, 0.1) is 29.7 Å². The maximum Gasteiger partial charge on any atom is 0.260 e. The number of nitrogens with one attached hydrogen (secondary N) is 3. The van der Waals surface area contributed by atoms with Gasteiger partial charge in [-0.2, -0.15) is 10.2 Å². The van der Waals surface area contributed by atoms with Gasteiger partial charge in [0.15, 0.2) is 0 Å². The Morgan fingerprint density at radius 2 is 2.14 bits per heavy atom. The molecule has 1 aliphatic carbocycles. The number of carbonyl (C=O) groups excluding carboxylic acids is 1. The third kappa shape index (κ3) is 3.25. The molecule has 1 amide bonds. The van der Waals surface area contributed by atoms with Crippen molar-refractivity contribution in [3.8, 4) is 0 Å². The summed E-state index contributed by atoms with van der Waals surface area (Å²) in [7, 11) is 0. The zero-order chi connectivity index (χ0) is 19.8. The van der Waals surface area contributed by atoms with Crippen molar-refractivity contribution >= 4 is 11.7 Å². The summed E-state index contributed by atoms with van der Waals surface area (Å²) in [6.45, 7) is 3.83. The zero-order valence-electron chi connectivity index (χ0n) is 16.6. The van der Waals surface area contributed by atoms with Gasteiger partial charge in [-0.05, 0) is 50.3 Å². The molecule has 1 saturated heterocycles. The van der Waals surface area contributed by atoms with Crippen LogP contribution in [0.3, 0.4) is 0 Å². The van der Waals surface area contributed by atoms with Crippen LogP contribution in [0, 0.1) is 6.92 Å². The van der Waals surface area contributed by atoms with Crippen LogP contribution < -0.4 is 10.6 Å². The smallest absolute Gasteiger partial charge is 0.260 e. The van der Waals surface area contributed by atoms with E-state index in [1.807, 2.05) is 17.8 Å². The van der Waals surface area contributed by atoms with Crippen LogP contribution in [0.1, 0.15) is 64.0 Å². The molecule has 2 aliphatic rings. The van der Waals surface area contributed by atoms with Crippen LogP contribution in [0.4, 0.5) is 5.82 Å². The van der Waals surface area contributed by atoms with Gasteiger partial charge in [-0.15, -0.1) is 0 Å². The highest BCUT2D eigenvalue weighted by molar-refractivity contribution is 6.05. The van der Waals surface area contributed by atoms with Crippen LogP contribution in [-0.4, -0.2) is 39.0 Å². The van der Waals surface area contributed by atoms with Crippen LogP contribution in [-0.2, 0) is 6.42 Å². The minimum absolute atomic E-state index is 0.130. The Bertz CT molecular complexity index is 1030. The quantitative estimate of drug-likeness (QED) is 0.639. The molecule has 2 aromatic heterocycles. The Morgan fingerprint density at radius 1 is 1.24 bits per heavy atom. The molecule has 0 saturated carbocycles. The predicted octanol–water partition coefficient (Wildman–Crippen LogP) is 3.17. The molecule has 2 unspecified atom stereocenters. The molecule has 150 valence electrons. The summed E-state index contributed by atoms with van der Waals surface area (Å²) < 4.78 is 1.99. The first-order valence-electron chi connectivity index (χ1n) is 10.4. The van der Waals surface area contributed by atoms with Crippen molar-refractivity contribution in [3.63, 3.8) is 0 Å². The number of aromatic nitrogens is 4. The van der Waals surface area contributed by atoms with Gasteiger partial charge in [-0.1, -0.05) is 24.3 Å². The van der Waals surface area contributed by atoms with Gasteiger partial charge in [0.1, 0.15) is 5.82 Å². The van der Waals surface area contributed by atoms with E-state index in [-0.39, 0.29) is 11.9 Å². The first kappa shape index (κ1) is 18.1. The summed E-state index contributed by atoms with van der Waals surface area (Å²) in [6.07, 6.45) is 7.72. The summed E-state index contributed by atoms with van der Waals surface area (Å²) in [5, 5.41) is 18.3. The van der Waals surface area contributed by atoms with Gasteiger partial charge in [0.25, 0.3) is 5.91 Å². The summed E-state index contributed by atoms with van der Waals surface area (Å²) >= 11 is 0. The molecule has 3 aromatic rings. The van der Waals surface area contributed by atoms with Crippen molar-refractivity contribution in [2.75, 3.05) is 18.4 Å². The number of amides is 1. The number of carbonyl (C=O) groups is 1. The summed E-state index contributed by atoms with van der Waals surface area (Å²) in [5.41, 5.74) is 5.18. The second-order valence-electron chi connectivity index (χ2n) is 8.07. The SMILES string of the molecule is Cc1cnn(C2CCCc3ccccc32)c1NC(=O)c1cn[nH]c1C1CCNC1. The van der Waals surface area contributed by atoms with Gasteiger partial charge < -0.3 is 10.6 Å². The molecular weight excluding hydrogens is 364 g/mol. The lowest BCUT2D eigenvalue weighted by molar-refractivity contribution is 0.102. The number of H-pyrrole nitrogens is 1. The lowest BCUT2D eigenvalue weighted by Crippen LogP contribution is -2.23. The van der Waals surface area contributed by atoms with Crippen molar-refractivity contribution in [1.82, 2.24) is 25.3 Å². The Morgan fingerprint density at radius 3 is 3.00 bits per heavy atom. The molecule has 3 N–H and O–H groups in total. The highest BCUT2D eigenvalue weighted by Gasteiger charge is 2.28. The van der Waals surface area contributed by atoms with Crippen molar-refractivity contribution in [3.05, 3.63) is 64.6 Å². The Balaban J connectivity index is 1.45. The topological polar surface area (TPSA) is 87.6 Å². The van der Waals surface area contributed by atoms with Gasteiger partial charge in [-0.3, -0.25) is 9.89 Å². The number of aromatic amines is 1. The molecule has 7 heteroatoms. The molecule has 7 nitrogen and oxygen atoms in total. The molecule has 0 radical (unpaired) electrons. The van der Waals surface area contributed by atoms with E-state index in [1.54, 1.807) is 6.20 Å². The fourth-order valence-electron chi connectivity index (χ4n) is 4.69. The van der Waals surface area contributed by atoms with E-state index in [0.29, 0.717) is 11.5 Å². The molecule has 1 aliphatic heterocycles. The molecule has 5 rings (SSSR count). The van der Waals surface area contributed by atoms with Crippen LogP contribution in [0.2, 0.25) is 0 Å². The lowest BCUT2D eigenvalue weighted by atomic mass is 9.88. The minimum atomic E-state index is -0.130. The van der Waals surface area contributed by atoms with Crippen molar-refractivity contribution in [2.45, 2.75) is 44.6 Å². The second kappa shape index (κ2) is 7.48. The highest BCUT2D eigenvalue weighted by Crippen LogP contribution is 2.35. The summed E-state index contributed by atoms with van der Waals surface area (Å²) in [6, 6.07) is 8.70. The number of rotatable bonds is 4. The van der Waals surface area contributed by atoms with Gasteiger partial charge in [0.2, 0.25) is 0 Å². The third-order valence-electron chi connectivity index (χ3n) is 6.23.